The van der Waals surface area contributed by atoms with Crippen LogP contribution in [0.4, 0.5) is 0 Å². The van der Waals surface area contributed by atoms with E-state index < -0.39 is 5.41 Å². The highest BCUT2D eigenvalue weighted by Gasteiger charge is 2.31. The van der Waals surface area contributed by atoms with Crippen LogP contribution in [0.1, 0.15) is 69.8 Å². The predicted molar refractivity (Wildman–Crippen MR) is 172 cm³/mol. The second kappa shape index (κ2) is 13.5. The van der Waals surface area contributed by atoms with Crippen LogP contribution in [0, 0.1) is 5.41 Å². The molecule has 1 atom stereocenters. The third-order valence-corrected chi connectivity index (χ3v) is 7.93. The monoisotopic (exact) mass is 581 g/mol. The lowest BCUT2D eigenvalue weighted by Crippen LogP contribution is -2.33. The van der Waals surface area contributed by atoms with E-state index in [-0.39, 0.29) is 12.1 Å². The van der Waals surface area contributed by atoms with Crippen molar-refractivity contribution >= 4 is 17.1 Å². The molecule has 1 saturated heterocycles. The molecule has 0 spiro atoms. The van der Waals surface area contributed by atoms with Gasteiger partial charge >= 0.3 is 5.97 Å². The summed E-state index contributed by atoms with van der Waals surface area (Å²) in [7, 11) is 0. The van der Waals surface area contributed by atoms with Crippen LogP contribution in [0.25, 0.3) is 11.1 Å². The molecule has 1 unspecified atom stereocenters. The summed E-state index contributed by atoms with van der Waals surface area (Å²) in [4.78, 5) is 15.1. The molecule has 6 nitrogen and oxygen atoms in total. The van der Waals surface area contributed by atoms with Gasteiger partial charge in [-0.1, -0.05) is 43.3 Å². The Labute approximate surface area is 255 Å². The van der Waals surface area contributed by atoms with Crippen molar-refractivity contribution in [2.24, 2.45) is 5.41 Å². The SMILES string of the molecule is C=CCOc1ccc(C2=C(C)c3ccc(OC(=O)C(C)(C)C)cc3OC2c2ccc(OCCN3CCCCC3)cc2)cc1. The van der Waals surface area contributed by atoms with Gasteiger partial charge in [0.25, 0.3) is 0 Å². The fourth-order valence-corrected chi connectivity index (χ4v) is 5.46. The largest absolute Gasteiger partial charge is 0.492 e. The first-order valence-corrected chi connectivity index (χ1v) is 15.3. The molecule has 0 aromatic heterocycles. The summed E-state index contributed by atoms with van der Waals surface area (Å²) >= 11 is 0. The number of hydrogen-bond donors (Lipinski definition) is 0. The van der Waals surface area contributed by atoms with Crippen LogP contribution in [-0.4, -0.2) is 43.7 Å². The zero-order valence-corrected chi connectivity index (χ0v) is 25.9. The Bertz CT molecular complexity index is 1440. The summed E-state index contributed by atoms with van der Waals surface area (Å²) in [6.07, 6.45) is 5.25. The van der Waals surface area contributed by atoms with Crippen molar-refractivity contribution < 1.29 is 23.7 Å². The fraction of sp³-hybridized carbons (Fsp3) is 0.378. The predicted octanol–water partition coefficient (Wildman–Crippen LogP) is 8.13. The van der Waals surface area contributed by atoms with Gasteiger partial charge in [0.05, 0.1) is 5.41 Å². The second-order valence-electron chi connectivity index (χ2n) is 12.3. The summed E-state index contributed by atoms with van der Waals surface area (Å²) in [5, 5.41) is 0. The first-order chi connectivity index (χ1) is 20.7. The first kappa shape index (κ1) is 30.4. The van der Waals surface area contributed by atoms with E-state index in [1.165, 1.54) is 19.3 Å². The standard InChI is InChI=1S/C37H43NO5/c1-6-23-40-29-14-10-27(11-15-29)34-26(2)32-19-18-31(42-36(39)37(3,4)5)25-33(32)43-35(34)28-12-16-30(17-13-28)41-24-22-38-20-8-7-9-21-38/h6,10-19,25,35H,1,7-9,20-24H2,2-5H3. The Hall–Kier alpha value is -4.03. The van der Waals surface area contributed by atoms with Crippen molar-refractivity contribution in [3.8, 4) is 23.0 Å². The number of carbonyl (C=O) groups is 1. The van der Waals surface area contributed by atoms with Gasteiger partial charge in [0.15, 0.2) is 0 Å². The fourth-order valence-electron chi connectivity index (χ4n) is 5.46. The first-order valence-electron chi connectivity index (χ1n) is 15.3. The van der Waals surface area contributed by atoms with Crippen molar-refractivity contribution in [3.05, 3.63) is 96.1 Å². The van der Waals surface area contributed by atoms with Crippen molar-refractivity contribution in [3.63, 3.8) is 0 Å². The third kappa shape index (κ3) is 7.49. The van der Waals surface area contributed by atoms with E-state index in [2.05, 4.69) is 42.7 Å². The van der Waals surface area contributed by atoms with Crippen molar-refractivity contribution in [1.29, 1.82) is 0 Å². The lowest BCUT2D eigenvalue weighted by Gasteiger charge is -2.31. The van der Waals surface area contributed by atoms with E-state index in [1.54, 1.807) is 6.08 Å². The zero-order valence-electron chi connectivity index (χ0n) is 25.9. The van der Waals surface area contributed by atoms with Crippen LogP contribution < -0.4 is 18.9 Å². The molecule has 6 heteroatoms. The maximum Gasteiger partial charge on any atom is 0.316 e. The van der Waals surface area contributed by atoms with Crippen LogP contribution in [-0.2, 0) is 4.79 Å². The Balaban J connectivity index is 1.42. The average Bonchev–Trinajstić information content (AvgIpc) is 3.00. The molecule has 0 aliphatic carbocycles. The number of hydrogen-bond acceptors (Lipinski definition) is 6. The molecule has 0 N–H and O–H groups in total. The summed E-state index contributed by atoms with van der Waals surface area (Å²) in [5.74, 6) is 2.49. The lowest BCUT2D eigenvalue weighted by molar-refractivity contribution is -0.143. The van der Waals surface area contributed by atoms with Gasteiger partial charge in [-0.15, -0.1) is 0 Å². The van der Waals surface area contributed by atoms with Crippen LogP contribution in [0.3, 0.4) is 0 Å². The molecule has 0 amide bonds. The smallest absolute Gasteiger partial charge is 0.316 e. The van der Waals surface area contributed by atoms with Gasteiger partial charge < -0.3 is 18.9 Å². The molecule has 1 fully saturated rings. The van der Waals surface area contributed by atoms with Gasteiger partial charge in [-0.25, -0.2) is 0 Å². The number of nitrogens with zero attached hydrogens (tertiary/aromatic N) is 1. The second-order valence-corrected chi connectivity index (χ2v) is 12.3. The number of likely N-dealkylation sites (tertiary alicyclic amines) is 1. The van der Waals surface area contributed by atoms with E-state index >= 15 is 0 Å². The molecule has 3 aromatic carbocycles. The lowest BCUT2D eigenvalue weighted by atomic mass is 9.86. The molecule has 43 heavy (non-hydrogen) atoms. The van der Waals surface area contributed by atoms with Gasteiger partial charge in [-0.3, -0.25) is 9.69 Å². The minimum atomic E-state index is -0.610. The number of rotatable bonds is 10. The Kier molecular flexibility index (Phi) is 9.56. The van der Waals surface area contributed by atoms with E-state index in [9.17, 15) is 4.79 Å². The van der Waals surface area contributed by atoms with Gasteiger partial charge in [0.1, 0.15) is 42.3 Å². The number of ether oxygens (including phenoxy) is 4. The maximum absolute atomic E-state index is 12.6. The molecule has 0 bridgehead atoms. The molecule has 0 radical (unpaired) electrons. The molecule has 2 aliphatic rings. The summed E-state index contributed by atoms with van der Waals surface area (Å²) < 4.78 is 24.2. The van der Waals surface area contributed by atoms with Gasteiger partial charge in [0.2, 0.25) is 0 Å². The van der Waals surface area contributed by atoms with E-state index in [0.717, 1.165) is 59.0 Å². The maximum atomic E-state index is 12.6. The van der Waals surface area contributed by atoms with E-state index in [1.807, 2.05) is 63.2 Å². The van der Waals surface area contributed by atoms with Crippen molar-refractivity contribution in [1.82, 2.24) is 4.90 Å². The molecule has 3 aromatic rings. The highest BCUT2D eigenvalue weighted by molar-refractivity contribution is 5.95. The van der Waals surface area contributed by atoms with Crippen LogP contribution in [0.2, 0.25) is 0 Å². The molecular weight excluding hydrogens is 538 g/mol. The van der Waals surface area contributed by atoms with Crippen LogP contribution in [0.15, 0.2) is 79.4 Å². The average molecular weight is 582 g/mol. The number of benzene rings is 3. The van der Waals surface area contributed by atoms with E-state index in [4.69, 9.17) is 18.9 Å². The van der Waals surface area contributed by atoms with Gasteiger partial charge in [-0.05, 0) is 107 Å². The molecular formula is C37H43NO5. The number of esters is 1. The summed E-state index contributed by atoms with van der Waals surface area (Å²) in [6, 6.07) is 21.9. The summed E-state index contributed by atoms with van der Waals surface area (Å²) in [5.41, 5.74) is 4.58. The van der Waals surface area contributed by atoms with Gasteiger partial charge in [-0.2, -0.15) is 0 Å². The van der Waals surface area contributed by atoms with Crippen molar-refractivity contribution in [2.45, 2.75) is 53.1 Å². The Morgan fingerprint density at radius 2 is 1.58 bits per heavy atom. The zero-order chi connectivity index (χ0) is 30.4. The molecule has 226 valence electrons. The molecule has 0 saturated carbocycles. The van der Waals surface area contributed by atoms with Gasteiger partial charge in [0, 0.05) is 23.7 Å². The Morgan fingerprint density at radius 1 is 0.930 bits per heavy atom. The number of piperidine rings is 1. The highest BCUT2D eigenvalue weighted by atomic mass is 16.5. The van der Waals surface area contributed by atoms with E-state index in [0.29, 0.717) is 24.7 Å². The molecule has 2 aliphatic heterocycles. The molecule has 5 rings (SSSR count). The number of fused-ring (bicyclic) bond motifs is 1. The Morgan fingerprint density at radius 3 is 2.26 bits per heavy atom. The normalized spacial score (nSPS) is 17.1. The van der Waals surface area contributed by atoms with Crippen LogP contribution >= 0.6 is 0 Å². The minimum absolute atomic E-state index is 0.289. The number of allylic oxidation sites excluding steroid dienone is 1. The minimum Gasteiger partial charge on any atom is -0.492 e. The quantitative estimate of drug-likeness (QED) is 0.137. The number of carbonyl (C=O) groups excluding carboxylic acids is 1. The third-order valence-electron chi connectivity index (χ3n) is 7.93. The summed E-state index contributed by atoms with van der Waals surface area (Å²) in [6.45, 7) is 15.8. The van der Waals surface area contributed by atoms with Crippen LogP contribution in [0.5, 0.6) is 23.0 Å². The highest BCUT2D eigenvalue weighted by Crippen LogP contribution is 2.48. The van der Waals surface area contributed by atoms with Crippen molar-refractivity contribution in [2.75, 3.05) is 32.8 Å². The topological polar surface area (TPSA) is 57.2 Å². The molecule has 2 heterocycles.